The summed E-state index contributed by atoms with van der Waals surface area (Å²) in [5, 5.41) is 14.1. The van der Waals surface area contributed by atoms with Gasteiger partial charge in [-0.3, -0.25) is 9.59 Å². The molecule has 1 fully saturated rings. The number of tetrazole rings is 1. The Morgan fingerprint density at radius 1 is 1.16 bits per heavy atom. The lowest BCUT2D eigenvalue weighted by Crippen LogP contribution is -2.33. The van der Waals surface area contributed by atoms with E-state index >= 15 is 0 Å². The number of carbonyl (C=O) groups excluding carboxylic acids is 2. The lowest BCUT2D eigenvalue weighted by molar-refractivity contribution is -0.129. The van der Waals surface area contributed by atoms with Gasteiger partial charge in [0.2, 0.25) is 11.8 Å². The molecule has 2 heterocycles. The van der Waals surface area contributed by atoms with Crippen molar-refractivity contribution < 1.29 is 14.3 Å². The van der Waals surface area contributed by atoms with Crippen LogP contribution in [0, 0.1) is 5.92 Å². The van der Waals surface area contributed by atoms with Crippen LogP contribution < -0.4 is 10.1 Å². The van der Waals surface area contributed by atoms with Gasteiger partial charge in [0.15, 0.2) is 0 Å². The van der Waals surface area contributed by atoms with Gasteiger partial charge in [-0.05, 0) is 58.8 Å². The van der Waals surface area contributed by atoms with E-state index in [1.165, 1.54) is 11.0 Å². The van der Waals surface area contributed by atoms with Gasteiger partial charge in [-0.25, -0.2) is 4.68 Å². The molecule has 1 aliphatic heterocycles. The van der Waals surface area contributed by atoms with Crippen LogP contribution in [0.4, 0.5) is 5.69 Å². The quantitative estimate of drug-likeness (QED) is 0.585. The van der Waals surface area contributed by atoms with Crippen molar-refractivity contribution in [1.29, 1.82) is 0 Å². The van der Waals surface area contributed by atoms with Crippen molar-refractivity contribution in [2.24, 2.45) is 5.92 Å². The molecule has 32 heavy (non-hydrogen) atoms. The zero-order valence-corrected chi connectivity index (χ0v) is 18.1. The van der Waals surface area contributed by atoms with E-state index in [1.54, 1.807) is 19.2 Å². The number of nitrogens with zero attached hydrogens (tertiary/aromatic N) is 5. The number of unbranched alkanes of at least 4 members (excludes halogenated alkanes) is 1. The van der Waals surface area contributed by atoms with Gasteiger partial charge in [0.1, 0.15) is 12.1 Å². The smallest absolute Gasteiger partial charge is 0.230 e. The summed E-state index contributed by atoms with van der Waals surface area (Å²) >= 11 is 0. The van der Waals surface area contributed by atoms with E-state index in [4.69, 9.17) is 4.74 Å². The predicted octanol–water partition coefficient (Wildman–Crippen LogP) is 3.00. The Labute approximate surface area is 186 Å². The summed E-state index contributed by atoms with van der Waals surface area (Å²) in [7, 11) is 1.61. The molecule has 0 bridgehead atoms. The maximum Gasteiger partial charge on any atom is 0.230 e. The minimum atomic E-state index is -0.480. The SMILES string of the molecule is CCCCN1C(=O)C[C@@H](C(=O)Nc2ccc(-n3cnnn3)cc2)[C@H]1c1ccc(OC)cc1. The fourth-order valence-corrected chi connectivity index (χ4v) is 4.04. The summed E-state index contributed by atoms with van der Waals surface area (Å²) in [4.78, 5) is 27.9. The highest BCUT2D eigenvalue weighted by Gasteiger charge is 2.44. The van der Waals surface area contributed by atoms with Crippen LogP contribution in [0.2, 0.25) is 0 Å². The first-order valence-electron chi connectivity index (χ1n) is 10.7. The number of likely N-dealkylation sites (tertiary alicyclic amines) is 1. The zero-order valence-electron chi connectivity index (χ0n) is 18.1. The van der Waals surface area contributed by atoms with Crippen LogP contribution in [0.1, 0.15) is 37.8 Å². The summed E-state index contributed by atoms with van der Waals surface area (Å²) in [6.07, 6.45) is 3.56. The van der Waals surface area contributed by atoms with E-state index in [0.29, 0.717) is 12.2 Å². The molecule has 9 heteroatoms. The Morgan fingerprint density at radius 3 is 2.53 bits per heavy atom. The standard InChI is InChI=1S/C23H26N6O3/c1-3-4-13-28-21(30)14-20(22(28)16-5-11-19(32-2)12-6-16)23(31)25-17-7-9-18(10-8-17)29-15-24-26-27-29/h5-12,15,20,22H,3-4,13-14H2,1-2H3,(H,25,31)/t20-,22-/m1/s1. The van der Waals surface area contributed by atoms with Crippen molar-refractivity contribution in [3.05, 3.63) is 60.4 Å². The second kappa shape index (κ2) is 9.59. The molecule has 0 unspecified atom stereocenters. The summed E-state index contributed by atoms with van der Waals surface area (Å²) in [5.74, 6) is 0.0931. The van der Waals surface area contributed by atoms with Crippen LogP contribution in [0.3, 0.4) is 0 Å². The molecule has 166 valence electrons. The maximum atomic E-state index is 13.2. The van der Waals surface area contributed by atoms with Gasteiger partial charge in [0.05, 0.1) is 24.8 Å². The molecular formula is C23H26N6O3. The molecule has 0 radical (unpaired) electrons. The van der Waals surface area contributed by atoms with Crippen molar-refractivity contribution in [3.63, 3.8) is 0 Å². The van der Waals surface area contributed by atoms with Gasteiger partial charge in [-0.15, -0.1) is 5.10 Å². The highest BCUT2D eigenvalue weighted by Crippen LogP contribution is 2.39. The van der Waals surface area contributed by atoms with E-state index < -0.39 is 5.92 Å². The number of anilines is 1. The van der Waals surface area contributed by atoms with Crippen molar-refractivity contribution in [2.75, 3.05) is 19.0 Å². The lowest BCUT2D eigenvalue weighted by Gasteiger charge is -2.28. The van der Waals surface area contributed by atoms with Gasteiger partial charge in [-0.2, -0.15) is 0 Å². The minimum absolute atomic E-state index is 0.00782. The number of carbonyl (C=O) groups is 2. The topological polar surface area (TPSA) is 102 Å². The van der Waals surface area contributed by atoms with Crippen molar-refractivity contribution in [2.45, 2.75) is 32.2 Å². The molecule has 4 rings (SSSR count). The third-order valence-electron chi connectivity index (χ3n) is 5.73. The Morgan fingerprint density at radius 2 is 1.91 bits per heavy atom. The van der Waals surface area contributed by atoms with Crippen LogP contribution in [0.15, 0.2) is 54.9 Å². The van der Waals surface area contributed by atoms with E-state index in [1.807, 2.05) is 41.3 Å². The summed E-state index contributed by atoms with van der Waals surface area (Å²) in [6.45, 7) is 2.72. The number of benzene rings is 2. The van der Waals surface area contributed by atoms with E-state index in [0.717, 1.165) is 29.8 Å². The Hall–Kier alpha value is -3.75. The maximum absolute atomic E-state index is 13.2. The molecule has 1 N–H and O–H groups in total. The molecule has 0 spiro atoms. The number of methoxy groups -OCH3 is 1. The van der Waals surface area contributed by atoms with Crippen LogP contribution >= 0.6 is 0 Å². The first-order chi connectivity index (χ1) is 15.6. The molecule has 0 aliphatic carbocycles. The van der Waals surface area contributed by atoms with E-state index in [-0.39, 0.29) is 24.3 Å². The second-order valence-electron chi connectivity index (χ2n) is 7.76. The number of hydrogen-bond acceptors (Lipinski definition) is 6. The molecule has 0 saturated carbocycles. The minimum Gasteiger partial charge on any atom is -0.497 e. The van der Waals surface area contributed by atoms with Crippen molar-refractivity contribution in [3.8, 4) is 11.4 Å². The number of hydrogen-bond donors (Lipinski definition) is 1. The van der Waals surface area contributed by atoms with E-state index in [2.05, 4.69) is 27.8 Å². The third-order valence-corrected chi connectivity index (χ3v) is 5.73. The monoisotopic (exact) mass is 434 g/mol. The average molecular weight is 435 g/mol. The fraction of sp³-hybridized carbons (Fsp3) is 0.348. The van der Waals surface area contributed by atoms with E-state index in [9.17, 15) is 9.59 Å². The van der Waals surface area contributed by atoms with Crippen LogP contribution in [-0.2, 0) is 9.59 Å². The average Bonchev–Trinajstić information content (AvgIpc) is 3.46. The van der Waals surface area contributed by atoms with Crippen molar-refractivity contribution in [1.82, 2.24) is 25.1 Å². The number of aromatic nitrogens is 4. The Bertz CT molecular complexity index is 1050. The summed E-state index contributed by atoms with van der Waals surface area (Å²) in [6, 6.07) is 14.5. The van der Waals surface area contributed by atoms with Gasteiger partial charge in [0.25, 0.3) is 0 Å². The van der Waals surface area contributed by atoms with Gasteiger partial charge in [-0.1, -0.05) is 25.5 Å². The zero-order chi connectivity index (χ0) is 22.5. The van der Waals surface area contributed by atoms with Crippen LogP contribution in [0.25, 0.3) is 5.69 Å². The van der Waals surface area contributed by atoms with Crippen LogP contribution in [-0.4, -0.2) is 50.6 Å². The fourth-order valence-electron chi connectivity index (χ4n) is 4.04. The highest BCUT2D eigenvalue weighted by atomic mass is 16.5. The summed E-state index contributed by atoms with van der Waals surface area (Å²) < 4.78 is 6.79. The molecule has 1 aromatic heterocycles. The number of nitrogens with one attached hydrogen (secondary N) is 1. The number of rotatable bonds is 8. The highest BCUT2D eigenvalue weighted by molar-refractivity contribution is 5.98. The van der Waals surface area contributed by atoms with Gasteiger partial charge >= 0.3 is 0 Å². The van der Waals surface area contributed by atoms with Crippen molar-refractivity contribution >= 4 is 17.5 Å². The Kier molecular flexibility index (Phi) is 6.44. The lowest BCUT2D eigenvalue weighted by atomic mass is 9.92. The molecule has 1 saturated heterocycles. The molecule has 9 nitrogen and oxygen atoms in total. The largest absolute Gasteiger partial charge is 0.497 e. The second-order valence-corrected chi connectivity index (χ2v) is 7.76. The first kappa shape index (κ1) is 21.5. The van der Waals surface area contributed by atoms with Crippen LogP contribution in [0.5, 0.6) is 5.75 Å². The third kappa shape index (κ3) is 4.46. The predicted molar refractivity (Wildman–Crippen MR) is 118 cm³/mol. The number of amides is 2. The van der Waals surface area contributed by atoms with Gasteiger partial charge in [0, 0.05) is 18.7 Å². The molecule has 2 amide bonds. The molecule has 2 atom stereocenters. The normalized spacial score (nSPS) is 18.1. The molecule has 3 aromatic rings. The Balaban J connectivity index is 1.55. The van der Waals surface area contributed by atoms with Gasteiger partial charge < -0.3 is 15.0 Å². The molecular weight excluding hydrogens is 408 g/mol. The molecule has 1 aliphatic rings. The first-order valence-corrected chi connectivity index (χ1v) is 10.7. The molecule has 2 aromatic carbocycles. The number of ether oxygens (including phenoxy) is 1. The summed E-state index contributed by atoms with van der Waals surface area (Å²) in [5.41, 5.74) is 2.37.